The van der Waals surface area contributed by atoms with E-state index in [1.807, 2.05) is 30.3 Å². The second kappa shape index (κ2) is 10.5. The van der Waals surface area contributed by atoms with Crippen LogP contribution in [0.4, 0.5) is 5.69 Å². The Kier molecular flexibility index (Phi) is 6.96. The number of anilines is 1. The monoisotopic (exact) mass is 623 g/mol. The summed E-state index contributed by atoms with van der Waals surface area (Å²) in [5.74, 6) is -0.241. The van der Waals surface area contributed by atoms with Gasteiger partial charge in [0.05, 0.1) is 41.0 Å². The van der Waals surface area contributed by atoms with E-state index in [9.17, 15) is 22.9 Å². The van der Waals surface area contributed by atoms with Crippen molar-refractivity contribution in [3.05, 3.63) is 76.2 Å². The van der Waals surface area contributed by atoms with Crippen LogP contribution >= 0.6 is 11.6 Å². The molecule has 4 aliphatic heterocycles. The van der Waals surface area contributed by atoms with Gasteiger partial charge < -0.3 is 19.3 Å². The van der Waals surface area contributed by atoms with Crippen LogP contribution in [-0.2, 0) is 38.2 Å². The molecule has 0 spiro atoms. The van der Waals surface area contributed by atoms with E-state index in [0.717, 1.165) is 70.9 Å². The smallest absolute Gasteiger partial charge is 0.303 e. The molecule has 3 aromatic rings. The third-order valence-corrected chi connectivity index (χ3v) is 10.6. The van der Waals surface area contributed by atoms with Gasteiger partial charge in [0.2, 0.25) is 0 Å². The Balaban J connectivity index is 1.40. The van der Waals surface area contributed by atoms with Crippen molar-refractivity contribution in [2.24, 2.45) is 0 Å². The van der Waals surface area contributed by atoms with Gasteiger partial charge in [-0.15, -0.1) is 0 Å². The molecule has 1 N–H and O–H groups in total. The second-order valence-corrected chi connectivity index (χ2v) is 14.2. The largest absolute Gasteiger partial charge is 0.748 e. The number of halogens is 1. The number of aryl methyl sites for hydroxylation is 2. The number of carbonyl (C=O) groups is 1. The number of allylic oxidation sites excluding steroid dienone is 1. The molecule has 11 heteroatoms. The minimum absolute atomic E-state index is 0.0847. The summed E-state index contributed by atoms with van der Waals surface area (Å²) in [6, 6.07) is 14.1. The predicted octanol–water partition coefficient (Wildman–Crippen LogP) is 4.76. The number of aromatic nitrogens is 2. The Morgan fingerprint density at radius 3 is 2.79 bits per heavy atom. The number of imidazole rings is 1. The van der Waals surface area contributed by atoms with E-state index in [0.29, 0.717) is 24.4 Å². The fourth-order valence-electron chi connectivity index (χ4n) is 7.81. The normalized spacial score (nSPS) is 24.3. The lowest BCUT2D eigenvalue weighted by molar-refractivity contribution is -0.679. The van der Waals surface area contributed by atoms with Crippen molar-refractivity contribution in [3.8, 4) is 0 Å². The Morgan fingerprint density at radius 2 is 2.00 bits per heavy atom. The molecule has 0 bridgehead atoms. The van der Waals surface area contributed by atoms with Crippen molar-refractivity contribution >= 4 is 50.0 Å². The standard InChI is InChI=1S/C32H34ClN3O6S/c1-32(13-4-8-29(37)38)23-18-20(33)9-10-24(23)34-15-11-27-21(30(32)34)19-22-28(42-27)12-16-36-26-7-3-2-6-25(26)35(31(22)36)14-5-17-43(39,40)41/h2-3,6-7,9-10,18-19,27-28H,4-5,8,11-17H2,1H3,(H-,37,38,39,40,41). The summed E-state index contributed by atoms with van der Waals surface area (Å²) in [5.41, 5.74) is 7.13. The molecule has 226 valence electrons. The number of carboxylic acids is 1. The summed E-state index contributed by atoms with van der Waals surface area (Å²) in [7, 11) is -4.32. The van der Waals surface area contributed by atoms with Gasteiger partial charge in [-0.1, -0.05) is 23.7 Å². The maximum absolute atomic E-state index is 11.5. The number of carboxylic acid groups (broad SMARTS) is 1. The fraction of sp³-hybridized carbons (Fsp3) is 0.438. The van der Waals surface area contributed by atoms with Gasteiger partial charge in [-0.3, -0.25) is 4.79 Å². The van der Waals surface area contributed by atoms with Gasteiger partial charge in [-0.25, -0.2) is 17.6 Å². The van der Waals surface area contributed by atoms with E-state index in [1.54, 1.807) is 0 Å². The molecule has 9 nitrogen and oxygen atoms in total. The first-order chi connectivity index (χ1) is 20.5. The number of fused-ring (bicyclic) bond motifs is 9. The first-order valence-electron chi connectivity index (χ1n) is 14.9. The van der Waals surface area contributed by atoms with Gasteiger partial charge in [-0.05, 0) is 74.6 Å². The van der Waals surface area contributed by atoms with Crippen molar-refractivity contribution in [2.75, 3.05) is 17.2 Å². The van der Waals surface area contributed by atoms with Gasteiger partial charge in [0.1, 0.15) is 0 Å². The average molecular weight is 624 g/mol. The highest BCUT2D eigenvalue weighted by molar-refractivity contribution is 7.85. The van der Waals surface area contributed by atoms with Gasteiger partial charge in [0.15, 0.2) is 11.0 Å². The molecule has 0 amide bonds. The maximum atomic E-state index is 11.5. The lowest BCUT2D eigenvalue weighted by Gasteiger charge is -2.42. The Bertz CT molecular complexity index is 1830. The number of ether oxygens (including phenoxy) is 1. The van der Waals surface area contributed by atoms with Crippen LogP contribution in [-0.4, -0.2) is 53.1 Å². The first-order valence-corrected chi connectivity index (χ1v) is 16.9. The molecule has 5 heterocycles. The Labute approximate surface area is 255 Å². The molecule has 0 fully saturated rings. The van der Waals surface area contributed by atoms with Crippen molar-refractivity contribution in [2.45, 2.75) is 76.2 Å². The first kappa shape index (κ1) is 28.6. The van der Waals surface area contributed by atoms with Gasteiger partial charge in [-0.2, -0.15) is 0 Å². The van der Waals surface area contributed by atoms with Crippen LogP contribution in [0.25, 0.3) is 16.6 Å². The molecule has 0 saturated carbocycles. The van der Waals surface area contributed by atoms with E-state index in [2.05, 4.69) is 39.2 Å². The molecule has 3 unspecified atom stereocenters. The predicted molar refractivity (Wildman–Crippen MR) is 162 cm³/mol. The summed E-state index contributed by atoms with van der Waals surface area (Å²) in [4.78, 5) is 13.8. The SMILES string of the molecule is CC1(CCCC(=O)O)C2=C3C=C4c5n(CCCS(=O)(=O)[O-])c6ccccc6[n+]5CCC4OC3CCN2c2ccc(Cl)cc21. The van der Waals surface area contributed by atoms with Crippen LogP contribution in [0.3, 0.4) is 0 Å². The highest BCUT2D eigenvalue weighted by Crippen LogP contribution is 2.55. The lowest BCUT2D eigenvalue weighted by atomic mass is 9.74. The van der Waals surface area contributed by atoms with E-state index in [-0.39, 0.29) is 25.0 Å². The molecular weight excluding hydrogens is 590 g/mol. The summed E-state index contributed by atoms with van der Waals surface area (Å²) in [6.45, 7) is 4.16. The van der Waals surface area contributed by atoms with Gasteiger partial charge in [0.25, 0.3) is 5.82 Å². The highest BCUT2D eigenvalue weighted by atomic mass is 35.5. The number of benzene rings is 2. The Hall–Kier alpha value is -3.18. The van der Waals surface area contributed by atoms with E-state index in [1.165, 1.54) is 0 Å². The van der Waals surface area contributed by atoms with Crippen LogP contribution in [0, 0.1) is 0 Å². The molecule has 0 saturated heterocycles. The van der Waals surface area contributed by atoms with Crippen molar-refractivity contribution in [3.63, 3.8) is 0 Å². The molecule has 0 radical (unpaired) electrons. The summed E-state index contributed by atoms with van der Waals surface area (Å²) < 4.78 is 45.6. The van der Waals surface area contributed by atoms with Crippen LogP contribution in [0.15, 0.2) is 59.8 Å². The zero-order valence-corrected chi connectivity index (χ0v) is 25.5. The van der Waals surface area contributed by atoms with E-state index < -0.39 is 27.3 Å². The van der Waals surface area contributed by atoms with Gasteiger partial charge in [0, 0.05) is 52.5 Å². The fourth-order valence-corrected chi connectivity index (χ4v) is 8.46. The van der Waals surface area contributed by atoms with E-state index >= 15 is 0 Å². The van der Waals surface area contributed by atoms with Crippen LogP contribution in [0.1, 0.15) is 56.8 Å². The summed E-state index contributed by atoms with van der Waals surface area (Å²) in [6.07, 6.45) is 5.25. The van der Waals surface area contributed by atoms with Crippen molar-refractivity contribution < 1.29 is 32.2 Å². The molecule has 1 aromatic heterocycles. The van der Waals surface area contributed by atoms with Crippen molar-refractivity contribution in [1.82, 2.24) is 4.57 Å². The molecule has 2 aromatic carbocycles. The molecular formula is C32H34ClN3O6S. The number of nitrogens with zero attached hydrogens (tertiary/aromatic N) is 3. The molecule has 43 heavy (non-hydrogen) atoms. The lowest BCUT2D eigenvalue weighted by Crippen LogP contribution is -2.49. The van der Waals surface area contributed by atoms with Crippen LogP contribution < -0.4 is 9.47 Å². The summed E-state index contributed by atoms with van der Waals surface area (Å²) >= 11 is 6.52. The molecule has 4 aliphatic rings. The zero-order chi connectivity index (χ0) is 30.1. The van der Waals surface area contributed by atoms with Crippen molar-refractivity contribution in [1.29, 1.82) is 0 Å². The Morgan fingerprint density at radius 1 is 1.19 bits per heavy atom. The quantitative estimate of drug-likeness (QED) is 0.284. The van der Waals surface area contributed by atoms with Gasteiger partial charge >= 0.3 is 5.97 Å². The van der Waals surface area contributed by atoms with Crippen LogP contribution in [0.5, 0.6) is 0 Å². The number of rotatable bonds is 8. The molecule has 7 rings (SSSR count). The molecule has 3 atom stereocenters. The number of aliphatic carboxylic acids is 1. The highest BCUT2D eigenvalue weighted by Gasteiger charge is 2.50. The topological polar surface area (TPSA) is 116 Å². The maximum Gasteiger partial charge on any atom is 0.303 e. The average Bonchev–Trinajstić information content (AvgIpc) is 3.41. The number of para-hydroxylation sites is 2. The summed E-state index contributed by atoms with van der Waals surface area (Å²) in [5, 5.41) is 10.1. The minimum Gasteiger partial charge on any atom is -0.748 e. The molecule has 0 aliphatic carbocycles. The number of hydrogen-bond donors (Lipinski definition) is 1. The minimum atomic E-state index is -4.32. The van der Waals surface area contributed by atoms with E-state index in [4.69, 9.17) is 16.3 Å². The second-order valence-electron chi connectivity index (χ2n) is 12.2. The van der Waals surface area contributed by atoms with Crippen LogP contribution in [0.2, 0.25) is 5.02 Å². The number of hydrogen-bond acceptors (Lipinski definition) is 6. The zero-order valence-electron chi connectivity index (χ0n) is 24.0. The third kappa shape index (κ3) is 4.79. The third-order valence-electron chi connectivity index (χ3n) is 9.55.